The Labute approximate surface area is 387 Å². The number of aliphatic hydroxyl groups excluding tert-OH is 2. The number of ether oxygens (including phenoxy) is 4. The van der Waals surface area contributed by atoms with Crippen LogP contribution in [0.15, 0.2) is 119 Å². The van der Waals surface area contributed by atoms with Crippen molar-refractivity contribution >= 4 is 45.9 Å². The smallest absolute Gasteiger partial charge is 0.410 e. The molecule has 342 valence electrons. The molecule has 3 aliphatic rings. The van der Waals surface area contributed by atoms with E-state index in [0.29, 0.717) is 30.1 Å². The van der Waals surface area contributed by atoms with Crippen molar-refractivity contribution in [2.24, 2.45) is 22.9 Å². The van der Waals surface area contributed by atoms with Crippen molar-refractivity contribution in [2.45, 2.75) is 101 Å². The Morgan fingerprint density at radius 1 is 0.984 bits per heavy atom. The van der Waals surface area contributed by atoms with Gasteiger partial charge in [0.15, 0.2) is 0 Å². The summed E-state index contributed by atoms with van der Waals surface area (Å²) in [6.07, 6.45) is 10.4. The van der Waals surface area contributed by atoms with Crippen molar-refractivity contribution < 1.29 is 38.8 Å². The molecule has 1 fully saturated rings. The van der Waals surface area contributed by atoms with E-state index in [0.717, 1.165) is 63.8 Å². The molecular formula is C52H63ClN2O8S. The first-order chi connectivity index (χ1) is 31.0. The van der Waals surface area contributed by atoms with Gasteiger partial charge in [-0.3, -0.25) is 4.90 Å². The number of fused-ring (bicyclic) bond motifs is 3. The lowest BCUT2D eigenvalue weighted by Gasteiger charge is -2.60. The second kappa shape index (κ2) is 21.6. The van der Waals surface area contributed by atoms with Crippen molar-refractivity contribution in [3.8, 4) is 17.2 Å². The highest BCUT2D eigenvalue weighted by Gasteiger charge is 2.66. The largest absolute Gasteiger partial charge is 0.459 e. The summed E-state index contributed by atoms with van der Waals surface area (Å²) in [6, 6.07) is 27.5. The number of alkyl halides is 1. The topological polar surface area (TPSA) is 119 Å². The molecule has 0 radical (unpaired) electrons. The Kier molecular flexibility index (Phi) is 16.0. The van der Waals surface area contributed by atoms with E-state index in [1.165, 1.54) is 0 Å². The first-order valence-electron chi connectivity index (χ1n) is 22.6. The fourth-order valence-corrected chi connectivity index (χ4v) is 10.3. The molecule has 10 nitrogen and oxygen atoms in total. The van der Waals surface area contributed by atoms with E-state index in [1.807, 2.05) is 87.7 Å². The third kappa shape index (κ3) is 10.6. The molecule has 0 unspecified atom stereocenters. The molecule has 0 bridgehead atoms. The molecule has 7 rings (SSSR count). The molecule has 1 heterocycles. The van der Waals surface area contributed by atoms with Crippen molar-refractivity contribution in [3.05, 3.63) is 120 Å². The van der Waals surface area contributed by atoms with Crippen LogP contribution in [0, 0.1) is 17.8 Å². The van der Waals surface area contributed by atoms with E-state index in [4.69, 9.17) is 40.5 Å². The lowest BCUT2D eigenvalue weighted by molar-refractivity contribution is -0.256. The molecular weight excluding hydrogens is 848 g/mol. The zero-order chi connectivity index (χ0) is 45.3. The molecule has 1 aliphatic heterocycles. The Hall–Kier alpha value is -4.52. The summed E-state index contributed by atoms with van der Waals surface area (Å²) in [6.45, 7) is 10.5. The highest BCUT2D eigenvalue weighted by atomic mass is 35.5. The van der Waals surface area contributed by atoms with Crippen LogP contribution in [-0.2, 0) is 20.9 Å². The highest BCUT2D eigenvalue weighted by molar-refractivity contribution is 7.98. The molecule has 4 aromatic rings. The monoisotopic (exact) mass is 910 g/mol. The summed E-state index contributed by atoms with van der Waals surface area (Å²) in [4.78, 5) is 24.0. The van der Waals surface area contributed by atoms with Gasteiger partial charge in [0, 0.05) is 36.0 Å². The number of benzene rings is 4. The molecule has 12 heteroatoms. The van der Waals surface area contributed by atoms with Gasteiger partial charge in [0.25, 0.3) is 0 Å². The lowest BCUT2D eigenvalue weighted by Crippen LogP contribution is -2.70. The first-order valence-corrected chi connectivity index (χ1v) is 24.3. The molecule has 1 saturated carbocycles. The number of hydrogen-bond acceptors (Lipinski definition) is 10. The van der Waals surface area contributed by atoms with E-state index in [9.17, 15) is 15.0 Å². The Morgan fingerprint density at radius 3 is 2.44 bits per heavy atom. The summed E-state index contributed by atoms with van der Waals surface area (Å²) < 4.78 is 27.2. The maximum absolute atomic E-state index is 14.8. The predicted octanol–water partition coefficient (Wildman–Crippen LogP) is 11.7. The summed E-state index contributed by atoms with van der Waals surface area (Å²) in [5.74, 6) is 0.0701. The highest BCUT2D eigenvalue weighted by Crippen LogP contribution is 2.62. The van der Waals surface area contributed by atoms with Crippen LogP contribution in [-0.4, -0.2) is 82.9 Å². The fraction of sp³-hybridized carbons (Fsp3) is 0.462. The average Bonchev–Trinajstić information content (AvgIpc) is 3.30. The van der Waals surface area contributed by atoms with Crippen LogP contribution in [0.25, 0.3) is 10.8 Å². The molecule has 0 spiro atoms. The summed E-state index contributed by atoms with van der Waals surface area (Å²) in [5.41, 5.74) is 2.94. The summed E-state index contributed by atoms with van der Waals surface area (Å²) in [7, 11) is 0. The lowest BCUT2D eigenvalue weighted by atomic mass is 9.55. The van der Waals surface area contributed by atoms with Crippen LogP contribution in [0.4, 0.5) is 4.79 Å². The maximum Gasteiger partial charge on any atom is 0.410 e. The van der Waals surface area contributed by atoms with Gasteiger partial charge in [-0.15, -0.1) is 29.9 Å². The van der Waals surface area contributed by atoms with Gasteiger partial charge in [0.05, 0.1) is 30.7 Å². The van der Waals surface area contributed by atoms with Crippen molar-refractivity contribution in [2.75, 3.05) is 38.6 Å². The molecule has 0 aromatic heterocycles. The van der Waals surface area contributed by atoms with Gasteiger partial charge in [-0.05, 0) is 129 Å². The van der Waals surface area contributed by atoms with E-state index >= 15 is 0 Å². The van der Waals surface area contributed by atoms with Gasteiger partial charge in [-0.25, -0.2) is 4.79 Å². The van der Waals surface area contributed by atoms with E-state index in [2.05, 4.69) is 36.9 Å². The Morgan fingerprint density at radius 2 is 1.72 bits per heavy atom. The van der Waals surface area contributed by atoms with Crippen molar-refractivity contribution in [1.29, 1.82) is 0 Å². The average molecular weight is 912 g/mol. The molecule has 2 aliphatic carbocycles. The number of carbonyl (C=O) groups is 1. The normalized spacial score (nSPS) is 23.1. The van der Waals surface area contributed by atoms with Crippen LogP contribution in [0.3, 0.4) is 0 Å². The van der Waals surface area contributed by atoms with Crippen LogP contribution >= 0.6 is 23.4 Å². The van der Waals surface area contributed by atoms with Gasteiger partial charge in [-0.2, -0.15) is 0 Å². The molecule has 1 amide bonds. The summed E-state index contributed by atoms with van der Waals surface area (Å²) in [5, 5.41) is 27.0. The second-order valence-electron chi connectivity index (χ2n) is 17.8. The number of oxime groups is 1. The standard InChI is InChI=1S/C52H63ClN2O8S/c1-6-29-60-52-47(55(50(58)59-30-26-53)34-37-17-13-16-35-14-7-8-18-41(35)37)33-45(54-63-51(2,3)4)43-31-36(15-9-11-27-56)42(19-10-12-28-57)48(49(43)52)44-32-39(22-25-46(44)62-52)61-38-20-23-40(64-5)24-21-38/h6-8,13-14,16-18,20-25,31-32,36,42,47-49,56-57H,1,9-12,15,19,26-30,33-34H2,2-5H3/t36-,42+,47-,48+,49+,52+/m0/s1. The third-order valence-electron chi connectivity index (χ3n) is 12.5. The van der Waals surface area contributed by atoms with Crippen LogP contribution < -0.4 is 9.47 Å². The number of hydrogen-bond donors (Lipinski definition) is 2. The number of allylic oxidation sites excluding steroid dienone is 1. The van der Waals surface area contributed by atoms with Crippen molar-refractivity contribution in [1.82, 2.24) is 4.90 Å². The van der Waals surface area contributed by atoms with Gasteiger partial charge < -0.3 is 34.0 Å². The molecule has 6 atom stereocenters. The van der Waals surface area contributed by atoms with Gasteiger partial charge in [-0.1, -0.05) is 72.6 Å². The number of nitrogens with zero attached hydrogens (tertiary/aromatic N) is 2. The maximum atomic E-state index is 14.8. The predicted molar refractivity (Wildman–Crippen MR) is 256 cm³/mol. The molecule has 0 saturated heterocycles. The zero-order valence-electron chi connectivity index (χ0n) is 37.5. The van der Waals surface area contributed by atoms with E-state index in [-0.39, 0.29) is 63.0 Å². The number of aliphatic hydroxyl groups is 2. The number of halogens is 1. The second-order valence-corrected chi connectivity index (χ2v) is 19.1. The van der Waals surface area contributed by atoms with Gasteiger partial charge in [0.1, 0.15) is 35.5 Å². The van der Waals surface area contributed by atoms with E-state index < -0.39 is 29.4 Å². The van der Waals surface area contributed by atoms with E-state index in [1.54, 1.807) is 22.7 Å². The number of thioether (sulfide) groups is 1. The zero-order valence-corrected chi connectivity index (χ0v) is 39.1. The fourth-order valence-electron chi connectivity index (χ4n) is 9.81. The summed E-state index contributed by atoms with van der Waals surface area (Å²) >= 11 is 7.85. The first kappa shape index (κ1) is 47.4. The SMILES string of the molecule is C=CCO[C@@]12Oc3ccc(Oc4ccc(SC)cc4)cc3[C@H]3[C@H](CCCCO)[C@@H](CCCCO)C=C(C(=NOC(C)(C)C)C[C@@H]1N(Cc1cccc4ccccc14)C(=O)OCCCl)[C@H]32. The van der Waals surface area contributed by atoms with Crippen molar-refractivity contribution in [3.63, 3.8) is 0 Å². The Bertz CT molecular complexity index is 2270. The quantitative estimate of drug-likeness (QED) is 0.0294. The Balaban J connectivity index is 1.48. The van der Waals surface area contributed by atoms with Gasteiger partial charge >= 0.3 is 6.09 Å². The number of carbonyl (C=O) groups excluding carboxylic acids is 1. The number of unbranched alkanes of at least 4 members (excludes halogenated alkanes) is 2. The minimum Gasteiger partial charge on any atom is -0.459 e. The molecule has 4 aromatic carbocycles. The minimum atomic E-state index is -1.47. The third-order valence-corrected chi connectivity index (χ3v) is 13.4. The van der Waals surface area contributed by atoms with Crippen LogP contribution in [0.1, 0.15) is 82.8 Å². The van der Waals surface area contributed by atoms with Crippen LogP contribution in [0.5, 0.6) is 17.2 Å². The number of rotatable bonds is 20. The minimum absolute atomic E-state index is 0.0138. The number of amides is 1. The van der Waals surface area contributed by atoms with Gasteiger partial charge in [0.2, 0.25) is 5.79 Å². The van der Waals surface area contributed by atoms with Crippen LogP contribution in [0.2, 0.25) is 0 Å². The molecule has 2 N–H and O–H groups in total. The molecule has 64 heavy (non-hydrogen) atoms.